The molecular weight excluding hydrogens is 244 g/mol. The molecule has 5 heteroatoms. The minimum Gasteiger partial charge on any atom is -0.444 e. The van der Waals surface area contributed by atoms with Crippen molar-refractivity contribution in [2.24, 2.45) is 0 Å². The van der Waals surface area contributed by atoms with Crippen molar-refractivity contribution in [3.05, 3.63) is 12.7 Å². The van der Waals surface area contributed by atoms with Gasteiger partial charge in [-0.2, -0.15) is 0 Å². The van der Waals surface area contributed by atoms with Crippen LogP contribution < -0.4 is 0 Å². The van der Waals surface area contributed by atoms with Crippen LogP contribution in [0.2, 0.25) is 0 Å². The van der Waals surface area contributed by atoms with E-state index < -0.39 is 5.60 Å². The number of hydrogen-bond acceptors (Lipinski definition) is 3. The zero-order chi connectivity index (χ0) is 14.6. The SMILES string of the molecule is C=CC(=O)N1CCN(C(=O)OC(C)(C)C)CCC1C. The molecule has 5 nitrogen and oxygen atoms in total. The molecule has 0 aromatic carbocycles. The number of carbonyl (C=O) groups is 2. The molecule has 1 aliphatic rings. The van der Waals surface area contributed by atoms with Crippen LogP contribution in [0.3, 0.4) is 0 Å². The molecular formula is C14H24N2O3. The van der Waals surface area contributed by atoms with E-state index in [9.17, 15) is 9.59 Å². The van der Waals surface area contributed by atoms with Crippen LogP contribution >= 0.6 is 0 Å². The number of nitrogens with zero attached hydrogens (tertiary/aromatic N) is 2. The lowest BCUT2D eigenvalue weighted by atomic mass is 10.2. The Hall–Kier alpha value is -1.52. The lowest BCUT2D eigenvalue weighted by Crippen LogP contribution is -2.40. The van der Waals surface area contributed by atoms with Crippen LogP contribution in [0, 0.1) is 0 Å². The normalized spacial score (nSPS) is 20.7. The molecule has 2 amide bonds. The van der Waals surface area contributed by atoms with E-state index in [0.717, 1.165) is 6.42 Å². The molecule has 0 radical (unpaired) electrons. The van der Waals surface area contributed by atoms with Crippen molar-refractivity contribution >= 4 is 12.0 Å². The summed E-state index contributed by atoms with van der Waals surface area (Å²) in [6.07, 6.45) is 1.76. The quantitative estimate of drug-likeness (QED) is 0.684. The second-order valence-electron chi connectivity index (χ2n) is 5.84. The summed E-state index contributed by atoms with van der Waals surface area (Å²) in [7, 11) is 0. The Kier molecular flexibility index (Phi) is 4.97. The highest BCUT2D eigenvalue weighted by Gasteiger charge is 2.28. The zero-order valence-corrected chi connectivity index (χ0v) is 12.3. The molecule has 19 heavy (non-hydrogen) atoms. The van der Waals surface area contributed by atoms with Gasteiger partial charge in [-0.15, -0.1) is 0 Å². The number of ether oxygens (including phenoxy) is 1. The van der Waals surface area contributed by atoms with Crippen molar-refractivity contribution in [2.45, 2.75) is 45.8 Å². The van der Waals surface area contributed by atoms with E-state index in [2.05, 4.69) is 6.58 Å². The van der Waals surface area contributed by atoms with E-state index in [-0.39, 0.29) is 18.0 Å². The Morgan fingerprint density at radius 3 is 2.42 bits per heavy atom. The van der Waals surface area contributed by atoms with Gasteiger partial charge in [0.25, 0.3) is 0 Å². The highest BCUT2D eigenvalue weighted by atomic mass is 16.6. The Morgan fingerprint density at radius 1 is 1.26 bits per heavy atom. The lowest BCUT2D eigenvalue weighted by Gasteiger charge is -2.26. The maximum absolute atomic E-state index is 12.0. The fourth-order valence-electron chi connectivity index (χ4n) is 2.01. The largest absolute Gasteiger partial charge is 0.444 e. The van der Waals surface area contributed by atoms with E-state index in [1.54, 1.807) is 9.80 Å². The van der Waals surface area contributed by atoms with Gasteiger partial charge in [0.15, 0.2) is 0 Å². The van der Waals surface area contributed by atoms with E-state index in [1.165, 1.54) is 6.08 Å². The minimum absolute atomic E-state index is 0.0847. The summed E-state index contributed by atoms with van der Waals surface area (Å²) in [6.45, 7) is 12.7. The van der Waals surface area contributed by atoms with Crippen LogP contribution in [0.5, 0.6) is 0 Å². The van der Waals surface area contributed by atoms with E-state index in [0.29, 0.717) is 19.6 Å². The molecule has 0 saturated carbocycles. The van der Waals surface area contributed by atoms with Gasteiger partial charge in [-0.05, 0) is 40.2 Å². The third kappa shape index (κ3) is 4.58. The lowest BCUT2D eigenvalue weighted by molar-refractivity contribution is -0.127. The molecule has 0 aromatic heterocycles. The Morgan fingerprint density at radius 2 is 1.89 bits per heavy atom. The molecule has 1 fully saturated rings. The Bertz CT molecular complexity index is 360. The van der Waals surface area contributed by atoms with Gasteiger partial charge < -0.3 is 14.5 Å². The highest BCUT2D eigenvalue weighted by molar-refractivity contribution is 5.87. The average molecular weight is 268 g/mol. The first kappa shape index (κ1) is 15.5. The second-order valence-corrected chi connectivity index (χ2v) is 5.84. The molecule has 1 aliphatic heterocycles. The van der Waals surface area contributed by atoms with Crippen LogP contribution in [-0.4, -0.2) is 53.1 Å². The van der Waals surface area contributed by atoms with Crippen LogP contribution in [0.4, 0.5) is 4.79 Å². The van der Waals surface area contributed by atoms with Crippen molar-refractivity contribution in [2.75, 3.05) is 19.6 Å². The van der Waals surface area contributed by atoms with Gasteiger partial charge in [0, 0.05) is 25.7 Å². The molecule has 108 valence electrons. The first-order valence-corrected chi connectivity index (χ1v) is 6.65. The van der Waals surface area contributed by atoms with Gasteiger partial charge >= 0.3 is 6.09 Å². The summed E-state index contributed by atoms with van der Waals surface area (Å²) in [5.74, 6) is -0.0847. The third-order valence-corrected chi connectivity index (χ3v) is 3.07. The Balaban J connectivity index is 2.65. The molecule has 0 bridgehead atoms. The predicted molar refractivity (Wildman–Crippen MR) is 73.8 cm³/mol. The predicted octanol–water partition coefficient (Wildman–Crippen LogP) is 2.03. The molecule has 1 rings (SSSR count). The first-order valence-electron chi connectivity index (χ1n) is 6.65. The summed E-state index contributed by atoms with van der Waals surface area (Å²) >= 11 is 0. The molecule has 0 aliphatic carbocycles. The van der Waals surface area contributed by atoms with Gasteiger partial charge in [0.2, 0.25) is 5.91 Å². The standard InChI is InChI=1S/C14H24N2O3/c1-6-12(17)16-10-9-15(8-7-11(16)2)13(18)19-14(3,4)5/h6,11H,1,7-10H2,2-5H3. The molecule has 0 N–H and O–H groups in total. The smallest absolute Gasteiger partial charge is 0.410 e. The van der Waals surface area contributed by atoms with Gasteiger partial charge in [0.1, 0.15) is 5.60 Å². The zero-order valence-electron chi connectivity index (χ0n) is 12.3. The number of amides is 2. The number of rotatable bonds is 1. The average Bonchev–Trinajstić information content (AvgIpc) is 2.48. The first-order chi connectivity index (χ1) is 8.74. The summed E-state index contributed by atoms with van der Waals surface area (Å²) in [5.41, 5.74) is -0.494. The summed E-state index contributed by atoms with van der Waals surface area (Å²) in [6, 6.07) is 0.109. The van der Waals surface area contributed by atoms with E-state index in [4.69, 9.17) is 4.74 Å². The van der Waals surface area contributed by atoms with Gasteiger partial charge in [-0.25, -0.2) is 4.79 Å². The van der Waals surface area contributed by atoms with Crippen molar-refractivity contribution in [3.63, 3.8) is 0 Å². The summed E-state index contributed by atoms with van der Waals surface area (Å²) in [5, 5.41) is 0. The fraction of sp³-hybridized carbons (Fsp3) is 0.714. The van der Waals surface area contributed by atoms with Crippen molar-refractivity contribution in [3.8, 4) is 0 Å². The van der Waals surface area contributed by atoms with Gasteiger partial charge in [0.05, 0.1) is 0 Å². The molecule has 0 aromatic rings. The van der Waals surface area contributed by atoms with Crippen LogP contribution in [-0.2, 0) is 9.53 Å². The maximum Gasteiger partial charge on any atom is 0.410 e. The minimum atomic E-state index is -0.494. The van der Waals surface area contributed by atoms with Gasteiger partial charge in [-0.1, -0.05) is 6.58 Å². The molecule has 0 spiro atoms. The van der Waals surface area contributed by atoms with Gasteiger partial charge in [-0.3, -0.25) is 4.79 Å². The molecule has 1 saturated heterocycles. The molecule has 1 atom stereocenters. The highest BCUT2D eigenvalue weighted by Crippen LogP contribution is 2.15. The molecule has 1 heterocycles. The second kappa shape index (κ2) is 6.08. The van der Waals surface area contributed by atoms with Crippen molar-refractivity contribution in [1.82, 2.24) is 9.80 Å². The Labute approximate surface area is 115 Å². The van der Waals surface area contributed by atoms with Crippen LogP contribution in [0.15, 0.2) is 12.7 Å². The summed E-state index contributed by atoms with van der Waals surface area (Å²) < 4.78 is 5.35. The van der Waals surface area contributed by atoms with E-state index in [1.807, 2.05) is 27.7 Å². The maximum atomic E-state index is 12.0. The molecule has 1 unspecified atom stereocenters. The summed E-state index contributed by atoms with van der Waals surface area (Å²) in [4.78, 5) is 27.1. The fourth-order valence-corrected chi connectivity index (χ4v) is 2.01. The number of hydrogen-bond donors (Lipinski definition) is 0. The van der Waals surface area contributed by atoms with Crippen LogP contribution in [0.1, 0.15) is 34.1 Å². The monoisotopic (exact) mass is 268 g/mol. The van der Waals surface area contributed by atoms with Crippen molar-refractivity contribution in [1.29, 1.82) is 0 Å². The third-order valence-electron chi connectivity index (χ3n) is 3.07. The van der Waals surface area contributed by atoms with Crippen LogP contribution in [0.25, 0.3) is 0 Å². The van der Waals surface area contributed by atoms with Crippen molar-refractivity contribution < 1.29 is 14.3 Å². The topological polar surface area (TPSA) is 49.9 Å². The number of carbonyl (C=O) groups excluding carboxylic acids is 2. The van der Waals surface area contributed by atoms with E-state index >= 15 is 0 Å².